The van der Waals surface area contributed by atoms with Crippen molar-refractivity contribution < 1.29 is 4.74 Å². The zero-order valence-corrected chi connectivity index (χ0v) is 16.0. The number of aromatic nitrogens is 3. The van der Waals surface area contributed by atoms with Gasteiger partial charge in [0.25, 0.3) is 0 Å². The van der Waals surface area contributed by atoms with Crippen LogP contribution >= 0.6 is 11.8 Å². The van der Waals surface area contributed by atoms with Gasteiger partial charge in [-0.2, -0.15) is 5.26 Å². The maximum absolute atomic E-state index is 8.79. The van der Waals surface area contributed by atoms with Crippen molar-refractivity contribution in [2.45, 2.75) is 56.3 Å². The van der Waals surface area contributed by atoms with Crippen molar-refractivity contribution in [2.24, 2.45) is 0 Å². The van der Waals surface area contributed by atoms with Crippen LogP contribution in [-0.4, -0.2) is 27.6 Å². The maximum atomic E-state index is 8.79. The van der Waals surface area contributed by atoms with Crippen molar-refractivity contribution >= 4 is 17.4 Å². The monoisotopic (exact) mass is 371 g/mol. The van der Waals surface area contributed by atoms with Crippen LogP contribution in [-0.2, 0) is 6.54 Å². The molecule has 0 amide bonds. The van der Waals surface area contributed by atoms with E-state index in [2.05, 4.69) is 26.2 Å². The molecule has 2 aromatic rings. The van der Waals surface area contributed by atoms with E-state index in [1.54, 1.807) is 18.9 Å². The lowest BCUT2D eigenvalue weighted by atomic mass is 9.95. The molecule has 26 heavy (non-hydrogen) atoms. The number of nitrogens with one attached hydrogen (secondary N) is 1. The molecule has 0 aliphatic heterocycles. The highest BCUT2D eigenvalue weighted by Gasteiger charge is 2.22. The van der Waals surface area contributed by atoms with Crippen LogP contribution in [0.3, 0.4) is 0 Å². The third-order valence-electron chi connectivity index (χ3n) is 4.64. The van der Waals surface area contributed by atoms with Crippen molar-refractivity contribution in [3.8, 4) is 11.8 Å². The smallest absolute Gasteiger partial charge is 0.191 e. The van der Waals surface area contributed by atoms with Crippen molar-refractivity contribution in [3.05, 3.63) is 30.1 Å². The third-order valence-corrected chi connectivity index (χ3v) is 5.59. The van der Waals surface area contributed by atoms with Gasteiger partial charge in [-0.05, 0) is 25.0 Å². The van der Waals surface area contributed by atoms with E-state index >= 15 is 0 Å². The zero-order chi connectivity index (χ0) is 18.2. The molecule has 7 heteroatoms. The quantitative estimate of drug-likeness (QED) is 0.547. The molecule has 3 rings (SSSR count). The first-order chi connectivity index (χ1) is 12.8. The molecule has 1 fully saturated rings. The highest BCUT2D eigenvalue weighted by molar-refractivity contribution is 7.99. The SMILES string of the molecule is COc1cccc(NCc2nnc(SCCC#N)n2C2CCCCC2)c1. The van der Waals surface area contributed by atoms with Crippen LogP contribution in [0, 0.1) is 11.3 Å². The lowest BCUT2D eigenvalue weighted by Crippen LogP contribution is -2.18. The third kappa shape index (κ3) is 4.70. The van der Waals surface area contributed by atoms with E-state index in [0.29, 0.717) is 19.0 Å². The van der Waals surface area contributed by atoms with E-state index in [9.17, 15) is 0 Å². The van der Waals surface area contributed by atoms with Crippen LogP contribution < -0.4 is 10.1 Å². The van der Waals surface area contributed by atoms with Crippen molar-refractivity contribution in [2.75, 3.05) is 18.2 Å². The highest BCUT2D eigenvalue weighted by Crippen LogP contribution is 2.33. The summed E-state index contributed by atoms with van der Waals surface area (Å²) in [7, 11) is 1.67. The zero-order valence-electron chi connectivity index (χ0n) is 15.1. The van der Waals surface area contributed by atoms with Gasteiger partial charge in [-0.3, -0.25) is 0 Å². The number of thioether (sulfide) groups is 1. The molecule has 1 aromatic heterocycles. The standard InChI is InChI=1S/C19H25N5OS/c1-25-17-10-5-7-15(13-17)21-14-18-22-23-19(26-12-6-11-20)24(18)16-8-3-2-4-9-16/h5,7,10,13,16,21H,2-4,6,8-9,12,14H2,1H3. The first kappa shape index (κ1) is 18.6. The number of rotatable bonds is 8. The summed E-state index contributed by atoms with van der Waals surface area (Å²) in [5.74, 6) is 2.54. The molecule has 1 heterocycles. The maximum Gasteiger partial charge on any atom is 0.191 e. The van der Waals surface area contributed by atoms with E-state index in [1.807, 2.05) is 24.3 Å². The minimum atomic E-state index is 0.463. The van der Waals surface area contributed by atoms with Gasteiger partial charge in [0, 0.05) is 30.0 Å². The largest absolute Gasteiger partial charge is 0.497 e. The molecule has 1 aromatic carbocycles. The van der Waals surface area contributed by atoms with Crippen LogP contribution in [0.1, 0.15) is 50.4 Å². The van der Waals surface area contributed by atoms with Crippen LogP contribution in [0.2, 0.25) is 0 Å². The molecular weight excluding hydrogens is 346 g/mol. The van der Waals surface area contributed by atoms with Crippen molar-refractivity contribution in [1.82, 2.24) is 14.8 Å². The van der Waals surface area contributed by atoms with Gasteiger partial charge in [-0.25, -0.2) is 0 Å². The predicted octanol–water partition coefficient (Wildman–Crippen LogP) is 4.41. The van der Waals surface area contributed by atoms with Gasteiger partial charge in [-0.1, -0.05) is 37.1 Å². The van der Waals surface area contributed by atoms with Crippen LogP contribution in [0.5, 0.6) is 5.75 Å². The van der Waals surface area contributed by atoms with Gasteiger partial charge in [0.2, 0.25) is 0 Å². The first-order valence-corrected chi connectivity index (χ1v) is 10.1. The fourth-order valence-electron chi connectivity index (χ4n) is 3.33. The van der Waals surface area contributed by atoms with E-state index < -0.39 is 0 Å². The predicted molar refractivity (Wildman–Crippen MR) is 103 cm³/mol. The molecule has 6 nitrogen and oxygen atoms in total. The molecule has 0 unspecified atom stereocenters. The first-order valence-electron chi connectivity index (χ1n) is 9.13. The second-order valence-corrected chi connectivity index (χ2v) is 7.46. The number of hydrogen-bond acceptors (Lipinski definition) is 6. The van der Waals surface area contributed by atoms with E-state index in [-0.39, 0.29) is 0 Å². The van der Waals surface area contributed by atoms with Gasteiger partial charge in [-0.15, -0.1) is 10.2 Å². The number of ether oxygens (including phenoxy) is 1. The minimum Gasteiger partial charge on any atom is -0.497 e. The summed E-state index contributed by atoms with van der Waals surface area (Å²) in [6.45, 7) is 0.621. The van der Waals surface area contributed by atoms with E-state index in [4.69, 9.17) is 10.00 Å². The molecule has 1 N–H and O–H groups in total. The molecule has 138 valence electrons. The molecule has 0 saturated heterocycles. The number of nitrogens with zero attached hydrogens (tertiary/aromatic N) is 4. The highest BCUT2D eigenvalue weighted by atomic mass is 32.2. The van der Waals surface area contributed by atoms with Crippen molar-refractivity contribution in [1.29, 1.82) is 5.26 Å². The van der Waals surface area contributed by atoms with Crippen LogP contribution in [0.15, 0.2) is 29.4 Å². The Labute approximate surface area is 159 Å². The average molecular weight is 372 g/mol. The Morgan fingerprint density at radius 1 is 1.31 bits per heavy atom. The summed E-state index contributed by atoms with van der Waals surface area (Å²) >= 11 is 1.63. The fourth-order valence-corrected chi connectivity index (χ4v) is 4.20. The summed E-state index contributed by atoms with van der Waals surface area (Å²) in [6, 6.07) is 10.6. The second kappa shape index (κ2) is 9.48. The Kier molecular flexibility index (Phi) is 6.78. The van der Waals surface area contributed by atoms with Crippen molar-refractivity contribution in [3.63, 3.8) is 0 Å². The number of methoxy groups -OCH3 is 1. The minimum absolute atomic E-state index is 0.463. The molecule has 0 radical (unpaired) electrons. The Hall–Kier alpha value is -2.20. The normalized spacial score (nSPS) is 14.8. The van der Waals surface area contributed by atoms with E-state index in [0.717, 1.165) is 28.2 Å². The number of anilines is 1. The Balaban J connectivity index is 1.75. The number of hydrogen-bond donors (Lipinski definition) is 1. The molecule has 0 bridgehead atoms. The van der Waals surface area contributed by atoms with Gasteiger partial charge < -0.3 is 14.6 Å². The lowest BCUT2D eigenvalue weighted by molar-refractivity contribution is 0.330. The lowest BCUT2D eigenvalue weighted by Gasteiger charge is -2.25. The van der Waals surface area contributed by atoms with Gasteiger partial charge >= 0.3 is 0 Å². The summed E-state index contributed by atoms with van der Waals surface area (Å²) in [5, 5.41) is 22.0. The number of nitriles is 1. The molecule has 1 saturated carbocycles. The van der Waals surface area contributed by atoms with Crippen LogP contribution in [0.25, 0.3) is 0 Å². The summed E-state index contributed by atoms with van der Waals surface area (Å²) in [4.78, 5) is 0. The summed E-state index contributed by atoms with van der Waals surface area (Å²) in [5.41, 5.74) is 1.00. The average Bonchev–Trinajstić information content (AvgIpc) is 3.10. The topological polar surface area (TPSA) is 75.8 Å². The Morgan fingerprint density at radius 2 is 2.15 bits per heavy atom. The molecule has 0 atom stereocenters. The fraction of sp³-hybridized carbons (Fsp3) is 0.526. The van der Waals surface area contributed by atoms with Gasteiger partial charge in [0.15, 0.2) is 11.0 Å². The number of benzene rings is 1. The van der Waals surface area contributed by atoms with Crippen LogP contribution in [0.4, 0.5) is 5.69 Å². The second-order valence-electron chi connectivity index (χ2n) is 6.40. The molecule has 0 spiro atoms. The Morgan fingerprint density at radius 3 is 2.92 bits per heavy atom. The van der Waals surface area contributed by atoms with Gasteiger partial charge in [0.05, 0.1) is 19.7 Å². The summed E-state index contributed by atoms with van der Waals surface area (Å²) in [6.07, 6.45) is 6.71. The molecular formula is C19H25N5OS. The Bertz CT molecular complexity index is 749. The van der Waals surface area contributed by atoms with Gasteiger partial charge in [0.1, 0.15) is 5.75 Å². The molecule has 1 aliphatic rings. The van der Waals surface area contributed by atoms with E-state index in [1.165, 1.54) is 32.1 Å². The summed E-state index contributed by atoms with van der Waals surface area (Å²) < 4.78 is 7.58. The molecule has 1 aliphatic carbocycles.